The molecule has 0 aliphatic rings. The van der Waals surface area contributed by atoms with E-state index in [4.69, 9.17) is 9.84 Å². The van der Waals surface area contributed by atoms with Crippen molar-refractivity contribution in [3.8, 4) is 11.6 Å². The Balaban J connectivity index is 2.12. The summed E-state index contributed by atoms with van der Waals surface area (Å²) in [4.78, 5) is 4.33. The van der Waals surface area contributed by atoms with Crippen LogP contribution in [-0.4, -0.2) is 10.1 Å². The van der Waals surface area contributed by atoms with Gasteiger partial charge in [0.25, 0.3) is 0 Å². The molecule has 0 amide bonds. The first kappa shape index (κ1) is 14.5. The van der Waals surface area contributed by atoms with Gasteiger partial charge in [-0.15, -0.1) is 0 Å². The fourth-order valence-corrected chi connectivity index (χ4v) is 2.01. The van der Waals surface area contributed by atoms with Crippen LogP contribution in [0.2, 0.25) is 0 Å². The summed E-state index contributed by atoms with van der Waals surface area (Å²) in [7, 11) is 0. The normalized spacial score (nSPS) is 12.2. The van der Waals surface area contributed by atoms with Crippen molar-refractivity contribution in [3.05, 3.63) is 53.2 Å². The van der Waals surface area contributed by atoms with Gasteiger partial charge in [-0.3, -0.25) is 0 Å². The Morgan fingerprint density at radius 3 is 2.40 bits per heavy atom. The van der Waals surface area contributed by atoms with Crippen molar-refractivity contribution in [3.63, 3.8) is 0 Å². The number of pyridine rings is 1. The standard InChI is InChI=1S/C17H21NO2/c1-4-12(2)14-5-8-16(9-6-14)20-17-10-7-15(11-19)13(3)18-17/h5-10,12,19H,4,11H2,1-3H3. The number of benzene rings is 1. The molecule has 2 rings (SSSR count). The molecule has 1 atom stereocenters. The number of rotatable bonds is 5. The lowest BCUT2D eigenvalue weighted by Crippen LogP contribution is -1.96. The van der Waals surface area contributed by atoms with Gasteiger partial charge in [-0.25, -0.2) is 4.98 Å². The van der Waals surface area contributed by atoms with Gasteiger partial charge in [-0.05, 0) is 48.6 Å². The molecule has 2 aromatic rings. The van der Waals surface area contributed by atoms with Crippen LogP contribution in [0.15, 0.2) is 36.4 Å². The third-order valence-electron chi connectivity index (χ3n) is 3.62. The van der Waals surface area contributed by atoms with Crippen LogP contribution in [0.1, 0.15) is 43.0 Å². The average Bonchev–Trinajstić information content (AvgIpc) is 2.47. The molecular weight excluding hydrogens is 250 g/mol. The van der Waals surface area contributed by atoms with E-state index in [2.05, 4.69) is 31.0 Å². The molecule has 1 unspecified atom stereocenters. The zero-order valence-corrected chi connectivity index (χ0v) is 12.3. The number of hydrogen-bond donors (Lipinski definition) is 1. The Hall–Kier alpha value is -1.87. The zero-order valence-electron chi connectivity index (χ0n) is 12.3. The molecule has 0 bridgehead atoms. The number of aliphatic hydroxyl groups excluding tert-OH is 1. The molecule has 0 saturated carbocycles. The second-order valence-electron chi connectivity index (χ2n) is 5.03. The molecule has 1 heterocycles. The first-order valence-corrected chi connectivity index (χ1v) is 6.99. The van der Waals surface area contributed by atoms with E-state index in [0.717, 1.165) is 23.4 Å². The first-order valence-electron chi connectivity index (χ1n) is 6.99. The van der Waals surface area contributed by atoms with E-state index in [1.165, 1.54) is 5.56 Å². The summed E-state index contributed by atoms with van der Waals surface area (Å²) in [6, 6.07) is 11.8. The molecule has 1 aromatic carbocycles. The van der Waals surface area contributed by atoms with Gasteiger partial charge in [-0.1, -0.05) is 26.0 Å². The number of aromatic nitrogens is 1. The van der Waals surface area contributed by atoms with Crippen molar-refractivity contribution in [1.82, 2.24) is 4.98 Å². The maximum absolute atomic E-state index is 9.12. The van der Waals surface area contributed by atoms with Crippen LogP contribution in [-0.2, 0) is 6.61 Å². The highest BCUT2D eigenvalue weighted by atomic mass is 16.5. The highest BCUT2D eigenvalue weighted by molar-refractivity contribution is 5.33. The predicted octanol–water partition coefficient (Wildman–Crippen LogP) is 4.19. The highest BCUT2D eigenvalue weighted by Crippen LogP contribution is 2.24. The molecule has 0 radical (unpaired) electrons. The Morgan fingerprint density at radius 2 is 1.85 bits per heavy atom. The quantitative estimate of drug-likeness (QED) is 0.886. The topological polar surface area (TPSA) is 42.4 Å². The molecule has 1 N–H and O–H groups in total. The Bertz CT molecular complexity index is 564. The Labute approximate surface area is 120 Å². The van der Waals surface area contributed by atoms with E-state index in [1.54, 1.807) is 6.07 Å². The second-order valence-corrected chi connectivity index (χ2v) is 5.03. The molecule has 0 fully saturated rings. The van der Waals surface area contributed by atoms with Gasteiger partial charge >= 0.3 is 0 Å². The van der Waals surface area contributed by atoms with E-state index in [-0.39, 0.29) is 6.61 Å². The molecule has 20 heavy (non-hydrogen) atoms. The summed E-state index contributed by atoms with van der Waals surface area (Å²) in [6.07, 6.45) is 1.13. The number of ether oxygens (including phenoxy) is 1. The molecule has 0 saturated heterocycles. The highest BCUT2D eigenvalue weighted by Gasteiger charge is 2.05. The molecular formula is C17H21NO2. The van der Waals surface area contributed by atoms with Crippen LogP contribution < -0.4 is 4.74 Å². The van der Waals surface area contributed by atoms with Crippen molar-refractivity contribution in [2.75, 3.05) is 0 Å². The number of nitrogens with zero attached hydrogens (tertiary/aromatic N) is 1. The van der Waals surface area contributed by atoms with Crippen LogP contribution in [0.25, 0.3) is 0 Å². The maximum Gasteiger partial charge on any atom is 0.219 e. The van der Waals surface area contributed by atoms with Gasteiger partial charge < -0.3 is 9.84 Å². The number of aryl methyl sites for hydroxylation is 1. The van der Waals surface area contributed by atoms with Crippen molar-refractivity contribution in [2.24, 2.45) is 0 Å². The molecule has 3 heteroatoms. The van der Waals surface area contributed by atoms with Gasteiger partial charge in [0.15, 0.2) is 0 Å². The van der Waals surface area contributed by atoms with Crippen LogP contribution >= 0.6 is 0 Å². The third kappa shape index (κ3) is 3.36. The lowest BCUT2D eigenvalue weighted by molar-refractivity contribution is 0.280. The summed E-state index contributed by atoms with van der Waals surface area (Å²) in [6.45, 7) is 6.27. The molecule has 0 spiro atoms. The van der Waals surface area contributed by atoms with E-state index < -0.39 is 0 Å². The van der Waals surface area contributed by atoms with Gasteiger partial charge in [0.05, 0.1) is 6.61 Å². The van der Waals surface area contributed by atoms with Gasteiger partial charge in [0.1, 0.15) is 5.75 Å². The Kier molecular flexibility index (Phi) is 4.74. The number of hydrogen-bond acceptors (Lipinski definition) is 3. The fourth-order valence-electron chi connectivity index (χ4n) is 2.01. The molecule has 0 aliphatic carbocycles. The van der Waals surface area contributed by atoms with Crippen LogP contribution in [0.5, 0.6) is 11.6 Å². The van der Waals surface area contributed by atoms with Crippen molar-refractivity contribution >= 4 is 0 Å². The second kappa shape index (κ2) is 6.53. The van der Waals surface area contributed by atoms with E-state index in [1.807, 2.05) is 25.1 Å². The molecule has 3 nitrogen and oxygen atoms in total. The molecule has 0 aliphatic heterocycles. The fraction of sp³-hybridized carbons (Fsp3) is 0.353. The average molecular weight is 271 g/mol. The smallest absolute Gasteiger partial charge is 0.219 e. The largest absolute Gasteiger partial charge is 0.439 e. The van der Waals surface area contributed by atoms with Gasteiger partial charge in [-0.2, -0.15) is 0 Å². The van der Waals surface area contributed by atoms with Crippen molar-refractivity contribution in [1.29, 1.82) is 0 Å². The van der Waals surface area contributed by atoms with E-state index in [9.17, 15) is 0 Å². The summed E-state index contributed by atoms with van der Waals surface area (Å²) in [5.74, 6) is 1.89. The SMILES string of the molecule is CCC(C)c1ccc(Oc2ccc(CO)c(C)n2)cc1. The summed E-state index contributed by atoms with van der Waals surface area (Å²) in [5.41, 5.74) is 2.94. The van der Waals surface area contributed by atoms with Crippen LogP contribution in [0.3, 0.4) is 0 Å². The predicted molar refractivity (Wildman–Crippen MR) is 80.1 cm³/mol. The minimum Gasteiger partial charge on any atom is -0.439 e. The maximum atomic E-state index is 9.12. The lowest BCUT2D eigenvalue weighted by atomic mass is 9.99. The number of aliphatic hydroxyl groups is 1. The zero-order chi connectivity index (χ0) is 14.5. The lowest BCUT2D eigenvalue weighted by Gasteiger charge is -2.11. The Morgan fingerprint density at radius 1 is 1.15 bits per heavy atom. The van der Waals surface area contributed by atoms with E-state index >= 15 is 0 Å². The minimum absolute atomic E-state index is 0.00269. The summed E-state index contributed by atoms with van der Waals surface area (Å²) >= 11 is 0. The minimum atomic E-state index is 0.00269. The van der Waals surface area contributed by atoms with Crippen molar-refractivity contribution < 1.29 is 9.84 Å². The third-order valence-corrected chi connectivity index (χ3v) is 3.62. The monoisotopic (exact) mass is 271 g/mol. The van der Waals surface area contributed by atoms with Crippen LogP contribution in [0, 0.1) is 6.92 Å². The van der Waals surface area contributed by atoms with E-state index in [0.29, 0.717) is 11.8 Å². The van der Waals surface area contributed by atoms with Gasteiger partial charge in [0.2, 0.25) is 5.88 Å². The summed E-state index contributed by atoms with van der Waals surface area (Å²) < 4.78 is 5.73. The first-order chi connectivity index (χ1) is 9.63. The molecule has 106 valence electrons. The van der Waals surface area contributed by atoms with Crippen LogP contribution in [0.4, 0.5) is 0 Å². The summed E-state index contributed by atoms with van der Waals surface area (Å²) in [5, 5.41) is 9.12. The van der Waals surface area contributed by atoms with Gasteiger partial charge in [0, 0.05) is 11.8 Å². The molecule has 1 aromatic heterocycles. The van der Waals surface area contributed by atoms with Crippen molar-refractivity contribution in [2.45, 2.75) is 39.7 Å².